The van der Waals surface area contributed by atoms with E-state index in [-0.39, 0.29) is 23.5 Å². The number of carbonyl (C=O) groups is 1. The smallest absolute Gasteiger partial charge is 0.239 e. The Morgan fingerprint density at radius 3 is 2.69 bits per heavy atom. The van der Waals surface area contributed by atoms with Gasteiger partial charge >= 0.3 is 0 Å². The van der Waals surface area contributed by atoms with Crippen LogP contribution in [0.15, 0.2) is 0 Å². The molecule has 92 valence electrons. The molecule has 5 nitrogen and oxygen atoms in total. The average Bonchev–Trinajstić information content (AvgIpc) is 2.69. The summed E-state index contributed by atoms with van der Waals surface area (Å²) in [5, 5.41) is 3.15. The van der Waals surface area contributed by atoms with E-state index < -0.39 is 9.84 Å². The van der Waals surface area contributed by atoms with Crippen LogP contribution in [0.5, 0.6) is 0 Å². The highest BCUT2D eigenvalue weighted by Crippen LogP contribution is 2.11. The second-order valence-corrected chi connectivity index (χ2v) is 6.78. The summed E-state index contributed by atoms with van der Waals surface area (Å²) in [5.74, 6) is 0.412. The Balaban J connectivity index is 1.96. The molecule has 2 heterocycles. The molecule has 1 N–H and O–H groups in total. The minimum absolute atomic E-state index is 0.0783. The predicted molar refractivity (Wildman–Crippen MR) is 60.9 cm³/mol. The van der Waals surface area contributed by atoms with Crippen LogP contribution in [0, 0.1) is 0 Å². The number of hydrogen-bond acceptors (Lipinski definition) is 4. The first-order valence-corrected chi connectivity index (χ1v) is 7.63. The fourth-order valence-corrected chi connectivity index (χ4v) is 3.55. The van der Waals surface area contributed by atoms with Gasteiger partial charge in [0.15, 0.2) is 9.84 Å². The summed E-state index contributed by atoms with van der Waals surface area (Å²) in [6.45, 7) is 1.83. The Morgan fingerprint density at radius 2 is 2.00 bits per heavy atom. The van der Waals surface area contributed by atoms with E-state index in [0.717, 1.165) is 19.4 Å². The first-order chi connectivity index (χ1) is 7.58. The van der Waals surface area contributed by atoms with Crippen molar-refractivity contribution >= 4 is 15.7 Å². The van der Waals surface area contributed by atoms with Crippen molar-refractivity contribution in [2.45, 2.75) is 25.3 Å². The van der Waals surface area contributed by atoms with Gasteiger partial charge in [-0.05, 0) is 25.8 Å². The first kappa shape index (κ1) is 11.9. The molecule has 2 rings (SSSR count). The third kappa shape index (κ3) is 2.74. The maximum Gasteiger partial charge on any atom is 0.239 e. The number of sulfone groups is 1. The molecule has 0 aliphatic carbocycles. The highest BCUT2D eigenvalue weighted by Gasteiger charge is 2.29. The van der Waals surface area contributed by atoms with Gasteiger partial charge in [-0.15, -0.1) is 0 Å². The topological polar surface area (TPSA) is 66.5 Å². The van der Waals surface area contributed by atoms with Gasteiger partial charge in [-0.25, -0.2) is 8.42 Å². The molecule has 1 amide bonds. The lowest BCUT2D eigenvalue weighted by atomic mass is 10.2. The van der Waals surface area contributed by atoms with Crippen molar-refractivity contribution in [2.24, 2.45) is 0 Å². The second-order valence-electron chi connectivity index (χ2n) is 4.48. The van der Waals surface area contributed by atoms with Gasteiger partial charge in [0, 0.05) is 13.1 Å². The minimum Gasteiger partial charge on any atom is -0.340 e. The maximum absolute atomic E-state index is 12.0. The Bertz CT molecular complexity index is 360. The number of rotatable bonds is 1. The van der Waals surface area contributed by atoms with Crippen LogP contribution in [-0.2, 0) is 14.6 Å². The van der Waals surface area contributed by atoms with Crippen LogP contribution in [0.3, 0.4) is 0 Å². The van der Waals surface area contributed by atoms with Crippen molar-refractivity contribution < 1.29 is 13.2 Å². The molecule has 0 spiro atoms. The van der Waals surface area contributed by atoms with Crippen LogP contribution >= 0.6 is 0 Å². The van der Waals surface area contributed by atoms with E-state index in [1.807, 2.05) is 0 Å². The second kappa shape index (κ2) is 4.71. The van der Waals surface area contributed by atoms with Gasteiger partial charge in [-0.3, -0.25) is 4.79 Å². The molecule has 0 aromatic rings. The summed E-state index contributed by atoms with van der Waals surface area (Å²) in [5.41, 5.74) is 0. The number of carbonyl (C=O) groups excluding carboxylic acids is 1. The molecule has 2 aliphatic rings. The van der Waals surface area contributed by atoms with E-state index in [1.54, 1.807) is 4.90 Å². The van der Waals surface area contributed by atoms with E-state index in [9.17, 15) is 13.2 Å². The van der Waals surface area contributed by atoms with E-state index in [2.05, 4.69) is 5.32 Å². The lowest BCUT2D eigenvalue weighted by Crippen LogP contribution is -2.44. The normalized spacial score (nSPS) is 30.0. The monoisotopic (exact) mass is 246 g/mol. The SMILES string of the molecule is O=C(C1CCCN1)N1CCCS(=O)(=O)CC1. The van der Waals surface area contributed by atoms with Crippen molar-refractivity contribution in [1.82, 2.24) is 10.2 Å². The fourth-order valence-electron chi connectivity index (χ4n) is 2.27. The van der Waals surface area contributed by atoms with Gasteiger partial charge in [0.25, 0.3) is 0 Å². The zero-order valence-corrected chi connectivity index (χ0v) is 10.1. The van der Waals surface area contributed by atoms with Crippen molar-refractivity contribution in [3.63, 3.8) is 0 Å². The largest absolute Gasteiger partial charge is 0.340 e. The molecule has 2 aliphatic heterocycles. The summed E-state index contributed by atoms with van der Waals surface area (Å²) < 4.78 is 22.8. The van der Waals surface area contributed by atoms with Crippen LogP contribution in [0.2, 0.25) is 0 Å². The molecule has 2 saturated heterocycles. The molecular weight excluding hydrogens is 228 g/mol. The molecule has 6 heteroatoms. The zero-order chi connectivity index (χ0) is 11.6. The van der Waals surface area contributed by atoms with Crippen LogP contribution in [0.25, 0.3) is 0 Å². The van der Waals surface area contributed by atoms with Crippen LogP contribution in [0.4, 0.5) is 0 Å². The zero-order valence-electron chi connectivity index (χ0n) is 9.31. The minimum atomic E-state index is -2.92. The van der Waals surface area contributed by atoms with Crippen LogP contribution < -0.4 is 5.32 Å². The molecule has 2 fully saturated rings. The molecule has 16 heavy (non-hydrogen) atoms. The quantitative estimate of drug-likeness (QED) is 0.670. The third-order valence-corrected chi connectivity index (χ3v) is 4.94. The highest BCUT2D eigenvalue weighted by molar-refractivity contribution is 7.91. The van der Waals surface area contributed by atoms with Crippen molar-refractivity contribution in [3.8, 4) is 0 Å². The molecule has 0 bridgehead atoms. The van der Waals surface area contributed by atoms with Gasteiger partial charge in [0.05, 0.1) is 17.5 Å². The lowest BCUT2D eigenvalue weighted by Gasteiger charge is -2.23. The summed E-state index contributed by atoms with van der Waals surface area (Å²) in [4.78, 5) is 13.7. The van der Waals surface area contributed by atoms with E-state index in [1.165, 1.54) is 0 Å². The number of nitrogens with one attached hydrogen (secondary N) is 1. The number of hydrogen-bond donors (Lipinski definition) is 1. The van der Waals surface area contributed by atoms with Crippen molar-refractivity contribution in [2.75, 3.05) is 31.1 Å². The molecular formula is C10H18N2O3S. The third-order valence-electron chi connectivity index (χ3n) is 3.23. The van der Waals surface area contributed by atoms with Gasteiger partial charge in [-0.1, -0.05) is 0 Å². The molecule has 0 radical (unpaired) electrons. The average molecular weight is 246 g/mol. The molecule has 1 unspecified atom stereocenters. The van der Waals surface area contributed by atoms with Crippen molar-refractivity contribution in [1.29, 1.82) is 0 Å². The standard InChI is InChI=1S/C10H18N2O3S/c13-10(9-3-1-4-11-9)12-5-2-7-16(14,15)8-6-12/h9,11H,1-8H2. The van der Waals surface area contributed by atoms with Crippen LogP contribution in [-0.4, -0.2) is 56.4 Å². The van der Waals surface area contributed by atoms with Crippen molar-refractivity contribution in [3.05, 3.63) is 0 Å². The molecule has 0 saturated carbocycles. The predicted octanol–water partition coefficient (Wildman–Crippen LogP) is -0.614. The van der Waals surface area contributed by atoms with E-state index in [4.69, 9.17) is 0 Å². The fraction of sp³-hybridized carbons (Fsp3) is 0.900. The first-order valence-electron chi connectivity index (χ1n) is 5.81. The maximum atomic E-state index is 12.0. The number of nitrogens with zero attached hydrogens (tertiary/aromatic N) is 1. The molecule has 1 atom stereocenters. The Morgan fingerprint density at radius 1 is 1.19 bits per heavy atom. The number of amides is 1. The molecule has 0 aromatic carbocycles. The summed E-state index contributed by atoms with van der Waals surface area (Å²) in [6, 6.07) is -0.0826. The summed E-state index contributed by atoms with van der Waals surface area (Å²) in [7, 11) is -2.92. The van der Waals surface area contributed by atoms with E-state index in [0.29, 0.717) is 19.5 Å². The highest BCUT2D eigenvalue weighted by atomic mass is 32.2. The Kier molecular flexibility index (Phi) is 3.49. The van der Waals surface area contributed by atoms with Gasteiger partial charge in [0.2, 0.25) is 5.91 Å². The summed E-state index contributed by atoms with van der Waals surface area (Å²) in [6.07, 6.45) is 2.48. The van der Waals surface area contributed by atoms with Gasteiger partial charge in [0.1, 0.15) is 0 Å². The van der Waals surface area contributed by atoms with Gasteiger partial charge < -0.3 is 10.2 Å². The van der Waals surface area contributed by atoms with Gasteiger partial charge in [-0.2, -0.15) is 0 Å². The Hall–Kier alpha value is -0.620. The summed E-state index contributed by atoms with van der Waals surface area (Å²) >= 11 is 0. The van der Waals surface area contributed by atoms with Crippen LogP contribution in [0.1, 0.15) is 19.3 Å². The van der Waals surface area contributed by atoms with E-state index >= 15 is 0 Å². The lowest BCUT2D eigenvalue weighted by molar-refractivity contribution is -0.132. The molecule has 0 aromatic heterocycles. The Labute approximate surface area is 96.1 Å².